The molecular formula is C78H82N13O15P. The Kier molecular flexibility index (Phi) is 23.4. The summed E-state index contributed by atoms with van der Waals surface area (Å²) in [7, 11) is -0.0233. The lowest BCUT2D eigenvalue weighted by molar-refractivity contribution is -0.121. The third-order valence-corrected chi connectivity index (χ3v) is 20.7. The number of aliphatic hydroxyl groups excluding tert-OH is 1. The van der Waals surface area contributed by atoms with Gasteiger partial charge in [-0.1, -0.05) is 129 Å². The van der Waals surface area contributed by atoms with Gasteiger partial charge in [0.25, 0.3) is 5.91 Å². The molecule has 0 saturated carbocycles. The predicted octanol–water partition coefficient (Wildman–Crippen LogP) is 12.0. The Bertz CT molecular complexity index is 4780. The number of aromatic nitrogens is 8. The lowest BCUT2D eigenvalue weighted by Crippen LogP contribution is -2.38. The van der Waals surface area contributed by atoms with Gasteiger partial charge >= 0.3 is 13.9 Å². The maximum Gasteiger partial charge on any atom is 0.475 e. The summed E-state index contributed by atoms with van der Waals surface area (Å²) in [5.74, 6) is 0.833. The van der Waals surface area contributed by atoms with E-state index in [0.29, 0.717) is 53.5 Å². The normalized spacial score (nSPS) is 18.1. The maximum absolute atomic E-state index is 15.5. The molecule has 10 aromatic rings. The van der Waals surface area contributed by atoms with E-state index in [2.05, 4.69) is 84.0 Å². The van der Waals surface area contributed by atoms with Crippen LogP contribution in [0.25, 0.3) is 33.5 Å². The van der Waals surface area contributed by atoms with Crippen LogP contribution in [0, 0.1) is 17.2 Å². The second-order valence-corrected chi connectivity index (χ2v) is 28.2. The molecule has 107 heavy (non-hydrogen) atoms. The Hall–Kier alpha value is -10.9. The number of imidazole rings is 2. The van der Waals surface area contributed by atoms with Crippen LogP contribution in [0.1, 0.15) is 121 Å². The monoisotopic (exact) mass is 1470 g/mol. The molecule has 7 atom stereocenters. The summed E-state index contributed by atoms with van der Waals surface area (Å²) in [5, 5.41) is 30.0. The molecule has 0 bridgehead atoms. The summed E-state index contributed by atoms with van der Waals surface area (Å²) in [6.07, 6.45) is -0.274. The van der Waals surface area contributed by atoms with Gasteiger partial charge in [-0.3, -0.25) is 37.1 Å². The zero-order chi connectivity index (χ0) is 74.6. The van der Waals surface area contributed by atoms with Crippen molar-refractivity contribution < 1.29 is 70.8 Å². The molecule has 2 aliphatic heterocycles. The first-order valence-corrected chi connectivity index (χ1v) is 36.8. The molecule has 6 aromatic carbocycles. The molecule has 29 heteroatoms. The van der Waals surface area contributed by atoms with Crippen molar-refractivity contribution >= 4 is 65.6 Å². The predicted molar refractivity (Wildman–Crippen MR) is 392 cm³/mol. The third kappa shape index (κ3) is 16.9. The van der Waals surface area contributed by atoms with E-state index in [1.165, 1.54) is 30.2 Å². The van der Waals surface area contributed by atoms with Crippen LogP contribution in [0.2, 0.25) is 0 Å². The molecule has 554 valence electrons. The van der Waals surface area contributed by atoms with Crippen LogP contribution in [0.5, 0.6) is 11.5 Å². The van der Waals surface area contributed by atoms with Gasteiger partial charge in [0.05, 0.1) is 65.3 Å². The van der Waals surface area contributed by atoms with Crippen molar-refractivity contribution in [2.24, 2.45) is 5.92 Å². The number of amides is 4. The van der Waals surface area contributed by atoms with Crippen molar-refractivity contribution in [3.8, 4) is 28.7 Å². The van der Waals surface area contributed by atoms with Crippen molar-refractivity contribution in [1.29, 1.82) is 5.26 Å². The fourth-order valence-electron chi connectivity index (χ4n) is 13.5. The van der Waals surface area contributed by atoms with Crippen LogP contribution >= 0.6 is 7.82 Å². The average Bonchev–Trinajstić information content (AvgIpc) is 1.75. The molecule has 4 amide bonds. The molecule has 2 fully saturated rings. The highest BCUT2D eigenvalue weighted by atomic mass is 31.2. The number of rotatable bonds is 32. The standard InChI is InChI=1S/C78H82N13O15P/c1-49(2)22-35-66(93)80-41-50-23-25-51(26-24-50)76(95)88-73-71-75(84-46-82-73)91(48-86-71)69-40-63(65(105-69)43-101-78(52-15-7-6-8-16-52,53-27-31-55(98-4)32-28-53)54-29-33-56(99-5)34-30-54)106-107(97,102-38-14-36-79)103-44-64-62(92)39-68(104-64)90-47-85-70-72(81-45-83-74(70)90)87-67(94)21-13-37-89(3)77(96)100-42-61-59-19-11-9-17-57(59)58-18-10-12-20-60(58)61/h6-12,15-20,23-34,45-49,61-65,68-69,92H,13-14,21-22,35,37-44H2,1-5H3,(H,80,93)(H,81,83,87,94)(H,82,84,88,95)/t62?,63?,64-,65-,68?,69-,107?/m1/s1. The number of benzene rings is 6. The van der Waals surface area contributed by atoms with E-state index in [-0.39, 0.29) is 104 Å². The first kappa shape index (κ1) is 74.4. The highest BCUT2D eigenvalue weighted by Crippen LogP contribution is 2.55. The van der Waals surface area contributed by atoms with Crippen molar-refractivity contribution in [3.05, 3.63) is 216 Å². The van der Waals surface area contributed by atoms with Crippen LogP contribution in [-0.2, 0) is 58.8 Å². The highest BCUT2D eigenvalue weighted by Gasteiger charge is 2.48. The van der Waals surface area contributed by atoms with Gasteiger partial charge in [-0.25, -0.2) is 39.3 Å². The maximum atomic E-state index is 15.5. The Morgan fingerprint density at radius 2 is 1.25 bits per heavy atom. The molecule has 3 aliphatic rings. The fourth-order valence-corrected chi connectivity index (χ4v) is 14.9. The van der Waals surface area contributed by atoms with Gasteiger partial charge in [0, 0.05) is 57.3 Å². The zero-order valence-corrected chi connectivity index (χ0v) is 60.5. The molecule has 6 heterocycles. The summed E-state index contributed by atoms with van der Waals surface area (Å²) in [6, 6.07) is 49.6. The molecule has 0 radical (unpaired) electrons. The average molecular weight is 1470 g/mol. The summed E-state index contributed by atoms with van der Waals surface area (Å²) in [6.45, 7) is 3.67. The van der Waals surface area contributed by atoms with Gasteiger partial charge < -0.3 is 54.4 Å². The first-order chi connectivity index (χ1) is 52.0. The zero-order valence-electron chi connectivity index (χ0n) is 59.6. The number of methoxy groups -OCH3 is 2. The number of carbonyl (C=O) groups excluding carboxylic acids is 4. The van der Waals surface area contributed by atoms with Gasteiger partial charge in [-0.05, 0) is 99.7 Å². The number of ether oxygens (including phenoxy) is 6. The Balaban J connectivity index is 0.708. The van der Waals surface area contributed by atoms with E-state index in [9.17, 15) is 29.5 Å². The largest absolute Gasteiger partial charge is 0.497 e. The SMILES string of the molecule is COc1ccc(C(OC[C@H]2O[C@@H](n3cnc4c(NC(=O)c5ccc(CNC(=O)CCC(C)C)cc5)ncnc43)CC2OP(=O)(OCCC#N)OC[C@H]2OC(n3cnc4c(NC(=O)CCCN(C)C(=O)OCC5c6ccccc6-c6ccccc65)ncnc43)CC2O)(c2ccccc2)c2ccc(OC)cc2)cc1. The van der Waals surface area contributed by atoms with Crippen LogP contribution in [0.15, 0.2) is 177 Å². The van der Waals surface area contributed by atoms with Crippen LogP contribution in [0.4, 0.5) is 16.4 Å². The second-order valence-electron chi connectivity index (χ2n) is 26.6. The molecule has 4 unspecified atom stereocenters. The third-order valence-electron chi connectivity index (χ3n) is 19.2. The number of fused-ring (bicyclic) bond motifs is 5. The van der Waals surface area contributed by atoms with Crippen LogP contribution in [0.3, 0.4) is 0 Å². The molecule has 2 saturated heterocycles. The van der Waals surface area contributed by atoms with E-state index in [1.54, 1.807) is 54.7 Å². The molecule has 4 N–H and O–H groups in total. The number of phosphoric ester groups is 1. The Labute approximate surface area is 617 Å². The van der Waals surface area contributed by atoms with E-state index in [4.69, 9.17) is 42.0 Å². The quantitative estimate of drug-likeness (QED) is 0.0173. The number of phosphoric acid groups is 1. The van der Waals surface area contributed by atoms with E-state index in [0.717, 1.165) is 39.8 Å². The minimum atomic E-state index is -4.81. The van der Waals surface area contributed by atoms with E-state index < -0.39 is 68.9 Å². The van der Waals surface area contributed by atoms with Crippen molar-refractivity contribution in [1.82, 2.24) is 49.3 Å². The number of nitrogens with one attached hydrogen (secondary N) is 3. The molecule has 4 aromatic heterocycles. The number of nitriles is 1. The number of carbonyl (C=O) groups is 4. The smallest absolute Gasteiger partial charge is 0.475 e. The Morgan fingerprint density at radius 1 is 0.673 bits per heavy atom. The number of nitrogens with zero attached hydrogens (tertiary/aromatic N) is 10. The van der Waals surface area contributed by atoms with Gasteiger partial charge in [0.15, 0.2) is 34.0 Å². The number of hydrogen-bond acceptors (Lipinski definition) is 22. The van der Waals surface area contributed by atoms with Crippen molar-refractivity contribution in [2.45, 2.75) is 114 Å². The number of anilines is 2. The summed E-state index contributed by atoms with van der Waals surface area (Å²) >= 11 is 0. The van der Waals surface area contributed by atoms with Crippen LogP contribution in [-0.4, -0.2) is 152 Å². The summed E-state index contributed by atoms with van der Waals surface area (Å²) in [4.78, 5) is 81.4. The van der Waals surface area contributed by atoms with Gasteiger partial charge in [-0.15, -0.1) is 0 Å². The van der Waals surface area contributed by atoms with Gasteiger partial charge in [0.1, 0.15) is 67.1 Å². The lowest BCUT2D eigenvalue weighted by atomic mass is 9.80. The summed E-state index contributed by atoms with van der Waals surface area (Å²) < 4.78 is 75.2. The van der Waals surface area contributed by atoms with E-state index in [1.807, 2.05) is 109 Å². The highest BCUT2D eigenvalue weighted by molar-refractivity contribution is 7.48. The molecule has 1 aliphatic carbocycles. The molecule has 28 nitrogen and oxygen atoms in total. The number of aliphatic hydroxyl groups is 1. The molecule has 0 spiro atoms. The van der Waals surface area contributed by atoms with Crippen molar-refractivity contribution in [3.63, 3.8) is 0 Å². The van der Waals surface area contributed by atoms with Gasteiger partial charge in [0.2, 0.25) is 11.8 Å². The minimum Gasteiger partial charge on any atom is -0.497 e. The second kappa shape index (κ2) is 33.7. The summed E-state index contributed by atoms with van der Waals surface area (Å²) in [5.41, 5.74) is 7.36. The molecule has 13 rings (SSSR count). The van der Waals surface area contributed by atoms with E-state index >= 15 is 4.57 Å². The number of hydrogen-bond donors (Lipinski definition) is 4. The fraction of sp³-hybridized carbons (Fsp3) is 0.346. The molecular weight excluding hydrogens is 1390 g/mol. The van der Waals surface area contributed by atoms with Gasteiger partial charge in [-0.2, -0.15) is 5.26 Å². The first-order valence-electron chi connectivity index (χ1n) is 35.3. The lowest BCUT2D eigenvalue weighted by Gasteiger charge is -2.37. The Morgan fingerprint density at radius 3 is 1.86 bits per heavy atom. The topological polar surface area (TPSA) is 339 Å². The van der Waals surface area contributed by atoms with Crippen molar-refractivity contribution in [2.75, 3.05) is 64.9 Å². The minimum absolute atomic E-state index is 0.00627. The van der Waals surface area contributed by atoms with Crippen LogP contribution < -0.4 is 25.4 Å².